The number of para-hydroxylation sites is 1. The third-order valence-electron chi connectivity index (χ3n) is 6.87. The number of carbonyl (C=O) groups is 2. The lowest BCUT2D eigenvalue weighted by molar-refractivity contribution is -0.132. The normalized spacial score (nSPS) is 15.9. The second kappa shape index (κ2) is 11.7. The van der Waals surface area contributed by atoms with Crippen LogP contribution < -0.4 is 10.8 Å². The second-order valence-corrected chi connectivity index (χ2v) is 9.34. The third kappa shape index (κ3) is 5.75. The van der Waals surface area contributed by atoms with Crippen LogP contribution >= 0.6 is 0 Å². The van der Waals surface area contributed by atoms with Crippen LogP contribution in [0.25, 0.3) is 10.9 Å². The lowest BCUT2D eigenvalue weighted by atomic mass is 9.79. The Morgan fingerprint density at radius 3 is 2.61 bits per heavy atom. The Labute approximate surface area is 221 Å². The number of pyridine rings is 1. The summed E-state index contributed by atoms with van der Waals surface area (Å²) in [4.78, 5) is 33.9. The Hall–Kier alpha value is -4.45. The van der Waals surface area contributed by atoms with Crippen LogP contribution in [-0.4, -0.2) is 51.5 Å². The van der Waals surface area contributed by atoms with Crippen LogP contribution in [0.3, 0.4) is 0 Å². The van der Waals surface area contributed by atoms with Gasteiger partial charge in [-0.3, -0.25) is 24.7 Å². The number of carbonyl (C=O) groups excluding carboxylic acids is 2. The minimum atomic E-state index is -0.526. The molecule has 2 atom stereocenters. The van der Waals surface area contributed by atoms with Crippen LogP contribution in [0, 0.1) is 17.8 Å². The number of nitrogens with zero attached hydrogens (tertiary/aromatic N) is 2. The molecule has 8 heteroatoms. The quantitative estimate of drug-likeness (QED) is 0.142. The lowest BCUT2D eigenvalue weighted by Gasteiger charge is -2.25. The van der Waals surface area contributed by atoms with Crippen LogP contribution in [0.5, 0.6) is 0 Å². The van der Waals surface area contributed by atoms with E-state index in [4.69, 9.17) is 5.21 Å². The zero-order valence-electron chi connectivity index (χ0n) is 20.9. The molecule has 0 saturated heterocycles. The van der Waals surface area contributed by atoms with E-state index in [1.165, 1.54) is 10.9 Å². The summed E-state index contributed by atoms with van der Waals surface area (Å²) in [5, 5.41) is 13.1. The molecule has 192 valence electrons. The molecule has 1 aliphatic rings. The molecular weight excluding hydrogens is 478 g/mol. The standard InChI is InChI=1S/C30H29N5O3/c36-29(24-4-3-14-31-18-24)32-15-17-35(16-13-23-19-33-28-6-2-1-5-26(23)28)20-21-7-9-22(10-8-21)25-11-12-27(25)30(37)34-38/h1-10,14,18-19,25,27,33,38H,13,15-17,20H2,(H,32,36)(H,34,37). The Morgan fingerprint density at radius 2 is 1.87 bits per heavy atom. The molecule has 0 bridgehead atoms. The van der Waals surface area contributed by atoms with Gasteiger partial charge in [-0.15, -0.1) is 0 Å². The molecule has 2 aromatic carbocycles. The van der Waals surface area contributed by atoms with Gasteiger partial charge in [0.25, 0.3) is 11.8 Å². The number of benzene rings is 2. The van der Waals surface area contributed by atoms with Crippen LogP contribution in [0.2, 0.25) is 0 Å². The number of fused-ring (bicyclic) bond motifs is 1. The topological polar surface area (TPSA) is 110 Å². The highest BCUT2D eigenvalue weighted by Gasteiger charge is 2.32. The number of rotatable bonds is 11. The van der Waals surface area contributed by atoms with Crippen LogP contribution in [0.1, 0.15) is 33.0 Å². The molecule has 0 radical (unpaired) electrons. The fourth-order valence-electron chi connectivity index (χ4n) is 4.71. The molecular formula is C30H29N5O3. The molecule has 1 aliphatic carbocycles. The number of hydrogen-bond donors (Lipinski definition) is 4. The van der Waals surface area contributed by atoms with E-state index >= 15 is 0 Å². The fraction of sp³-hybridized carbons (Fsp3) is 0.233. The SMILES string of the molecule is O=C(NCCN(CCc1c[nH]c2ccccc12)Cc1ccc(C2C#CC2C(=O)NO)cc1)c1cccnc1. The van der Waals surface area contributed by atoms with Gasteiger partial charge in [-0.05, 0) is 41.3 Å². The smallest absolute Gasteiger partial charge is 0.260 e. The van der Waals surface area contributed by atoms with Gasteiger partial charge in [0.1, 0.15) is 5.92 Å². The van der Waals surface area contributed by atoms with Crippen molar-refractivity contribution in [2.24, 2.45) is 5.92 Å². The minimum Gasteiger partial charge on any atom is -0.361 e. The van der Waals surface area contributed by atoms with Gasteiger partial charge in [-0.25, -0.2) is 5.48 Å². The Balaban J connectivity index is 1.24. The highest BCUT2D eigenvalue weighted by molar-refractivity contribution is 5.93. The first-order valence-electron chi connectivity index (χ1n) is 12.6. The summed E-state index contributed by atoms with van der Waals surface area (Å²) in [5.74, 6) is 4.47. The number of hydrogen-bond acceptors (Lipinski definition) is 5. The summed E-state index contributed by atoms with van der Waals surface area (Å²) in [6.45, 7) is 2.72. The van der Waals surface area contributed by atoms with E-state index in [9.17, 15) is 9.59 Å². The monoisotopic (exact) mass is 507 g/mol. The van der Waals surface area contributed by atoms with Gasteiger partial charge in [0.2, 0.25) is 0 Å². The van der Waals surface area contributed by atoms with Gasteiger partial charge in [0.15, 0.2) is 0 Å². The summed E-state index contributed by atoms with van der Waals surface area (Å²) in [6, 6.07) is 19.9. The Bertz CT molecular complexity index is 1470. The first-order chi connectivity index (χ1) is 18.6. The number of nitrogens with one attached hydrogen (secondary N) is 3. The summed E-state index contributed by atoms with van der Waals surface area (Å²) in [5.41, 5.74) is 6.70. The van der Waals surface area contributed by atoms with Crippen LogP contribution in [0.4, 0.5) is 0 Å². The third-order valence-corrected chi connectivity index (χ3v) is 6.87. The number of amides is 2. The maximum atomic E-state index is 12.5. The highest BCUT2D eigenvalue weighted by atomic mass is 16.5. The number of aromatic nitrogens is 2. The first kappa shape index (κ1) is 25.2. The van der Waals surface area contributed by atoms with Gasteiger partial charge >= 0.3 is 0 Å². The zero-order chi connectivity index (χ0) is 26.3. The zero-order valence-corrected chi connectivity index (χ0v) is 20.9. The van der Waals surface area contributed by atoms with Gasteiger partial charge in [-0.2, -0.15) is 0 Å². The van der Waals surface area contributed by atoms with Crippen molar-refractivity contribution >= 4 is 22.7 Å². The maximum absolute atomic E-state index is 12.5. The summed E-state index contributed by atoms with van der Waals surface area (Å²) >= 11 is 0. The fourth-order valence-corrected chi connectivity index (χ4v) is 4.71. The van der Waals surface area contributed by atoms with E-state index in [1.807, 2.05) is 24.3 Å². The van der Waals surface area contributed by atoms with E-state index in [0.29, 0.717) is 25.2 Å². The van der Waals surface area contributed by atoms with E-state index in [-0.39, 0.29) is 11.8 Å². The summed E-state index contributed by atoms with van der Waals surface area (Å²) < 4.78 is 0. The van der Waals surface area contributed by atoms with Crippen LogP contribution in [-0.2, 0) is 17.8 Å². The van der Waals surface area contributed by atoms with Crippen molar-refractivity contribution in [3.05, 3.63) is 102 Å². The maximum Gasteiger partial charge on any atom is 0.260 e. The molecule has 8 nitrogen and oxygen atoms in total. The van der Waals surface area contributed by atoms with Gasteiger partial charge in [0, 0.05) is 55.7 Å². The second-order valence-electron chi connectivity index (χ2n) is 9.34. The first-order valence-corrected chi connectivity index (χ1v) is 12.6. The largest absolute Gasteiger partial charge is 0.361 e. The molecule has 4 N–H and O–H groups in total. The van der Waals surface area contributed by atoms with Crippen molar-refractivity contribution in [2.45, 2.75) is 18.9 Å². The van der Waals surface area contributed by atoms with Gasteiger partial charge in [-0.1, -0.05) is 54.3 Å². The lowest BCUT2D eigenvalue weighted by Crippen LogP contribution is -2.36. The molecule has 2 amide bonds. The number of hydroxylamine groups is 1. The molecule has 4 aromatic rings. The number of H-pyrrole nitrogens is 1. The molecule has 2 aromatic heterocycles. The molecule has 0 spiro atoms. The minimum absolute atomic E-state index is 0.137. The van der Waals surface area contributed by atoms with Crippen molar-refractivity contribution in [1.82, 2.24) is 25.7 Å². The Morgan fingerprint density at radius 1 is 1.03 bits per heavy atom. The van der Waals surface area contributed by atoms with Crippen LogP contribution in [0.15, 0.2) is 79.3 Å². The highest BCUT2D eigenvalue weighted by Crippen LogP contribution is 2.30. The van der Waals surface area contributed by atoms with Crippen molar-refractivity contribution in [3.63, 3.8) is 0 Å². The van der Waals surface area contributed by atoms with Crippen molar-refractivity contribution < 1.29 is 14.8 Å². The predicted molar refractivity (Wildman–Crippen MR) is 144 cm³/mol. The predicted octanol–water partition coefficient (Wildman–Crippen LogP) is 3.26. The van der Waals surface area contributed by atoms with E-state index in [1.54, 1.807) is 30.0 Å². The van der Waals surface area contributed by atoms with Gasteiger partial charge in [0.05, 0.1) is 11.5 Å². The molecule has 2 unspecified atom stereocenters. The molecule has 0 saturated carbocycles. The average molecular weight is 508 g/mol. The average Bonchev–Trinajstić information content (AvgIpc) is 3.35. The van der Waals surface area contributed by atoms with Gasteiger partial charge < -0.3 is 10.3 Å². The van der Waals surface area contributed by atoms with E-state index in [2.05, 4.69) is 62.5 Å². The van der Waals surface area contributed by atoms with Crippen molar-refractivity contribution in [3.8, 4) is 11.8 Å². The summed E-state index contributed by atoms with van der Waals surface area (Å²) in [7, 11) is 0. The number of aromatic amines is 1. The molecule has 0 fully saturated rings. The van der Waals surface area contributed by atoms with Crippen molar-refractivity contribution in [1.29, 1.82) is 0 Å². The molecule has 38 heavy (non-hydrogen) atoms. The Kier molecular flexibility index (Phi) is 7.78. The molecule has 0 aliphatic heterocycles. The summed E-state index contributed by atoms with van der Waals surface area (Å²) in [6.07, 6.45) is 6.15. The molecule has 5 rings (SSSR count). The van der Waals surface area contributed by atoms with E-state index < -0.39 is 11.8 Å². The van der Waals surface area contributed by atoms with E-state index in [0.717, 1.165) is 29.6 Å². The molecule has 2 heterocycles. The van der Waals surface area contributed by atoms with Crippen molar-refractivity contribution in [2.75, 3.05) is 19.6 Å².